The fourth-order valence-electron chi connectivity index (χ4n) is 18.7. The molecule has 0 radical (unpaired) electrons. The molecule has 117 heavy (non-hydrogen) atoms. The van der Waals surface area contributed by atoms with Gasteiger partial charge in [-0.25, -0.2) is 0 Å². The topological polar surface area (TPSA) is 31.1 Å². The third kappa shape index (κ3) is 12.0. The first kappa shape index (κ1) is 69.3. The van der Waals surface area contributed by atoms with E-state index in [-0.39, 0.29) is 5.41 Å². The molecule has 2 aliphatic heterocycles. The van der Waals surface area contributed by atoms with Gasteiger partial charge in [-0.1, -0.05) is 242 Å². The Kier molecular flexibility index (Phi) is 16.7. The van der Waals surface area contributed by atoms with Crippen LogP contribution in [0.2, 0.25) is 0 Å². The van der Waals surface area contributed by atoms with Gasteiger partial charge in [0.25, 0.3) is 0 Å². The smallest absolute Gasteiger partial charge is 0.0562 e. The minimum atomic E-state index is -0.242. The highest BCUT2D eigenvalue weighted by atomic mass is 79.9. The zero-order chi connectivity index (χ0) is 77.8. The van der Waals surface area contributed by atoms with Gasteiger partial charge in [-0.05, 0) is 249 Å². The Hall–Kier alpha value is -14.4. The lowest BCUT2D eigenvalue weighted by atomic mass is 9.73. The van der Waals surface area contributed by atoms with Crippen molar-refractivity contribution < 1.29 is 0 Å². The Bertz CT molecular complexity index is 7410. The summed E-state index contributed by atoms with van der Waals surface area (Å²) >= 11 is 3.80. The van der Waals surface area contributed by atoms with Crippen molar-refractivity contribution in [2.75, 3.05) is 9.80 Å². The number of fused-ring (bicyclic) bond motifs is 14. The summed E-state index contributed by atoms with van der Waals surface area (Å²) in [6.45, 7) is 4.75. The van der Waals surface area contributed by atoms with Gasteiger partial charge in [-0.3, -0.25) is 0 Å². The molecule has 0 bridgehead atoms. The summed E-state index contributed by atoms with van der Waals surface area (Å²) in [7, 11) is 0. The summed E-state index contributed by atoms with van der Waals surface area (Å²) in [6.07, 6.45) is 10.7. The molecule has 21 aromatic rings. The predicted molar refractivity (Wildman–Crippen MR) is 492 cm³/mol. The maximum absolute atomic E-state index is 3.80. The zero-order valence-corrected chi connectivity index (χ0v) is 66.3. The second-order valence-corrected chi connectivity index (χ2v) is 32.4. The van der Waals surface area contributed by atoms with Gasteiger partial charge in [-0.15, -0.1) is 0 Å². The molecule has 3 aliphatic rings. The highest BCUT2D eigenvalue weighted by Gasteiger charge is 2.38. The van der Waals surface area contributed by atoms with Crippen molar-refractivity contribution in [1.29, 1.82) is 0 Å². The number of hydrogen-bond donors (Lipinski definition) is 0. The maximum atomic E-state index is 3.80. The summed E-state index contributed by atoms with van der Waals surface area (Å²) in [5.74, 6) is 0. The van der Waals surface area contributed by atoms with E-state index in [0.29, 0.717) is 0 Å². The van der Waals surface area contributed by atoms with Crippen LogP contribution < -0.4 is 9.80 Å². The van der Waals surface area contributed by atoms with Gasteiger partial charge in [0.2, 0.25) is 0 Å². The standard InChI is InChI=1S/C55H40N4.C33H23BrN2.C21H15N/c1-55(2)47-23-13-15-25-50(47)59(54-33-39-27-29-56(51(39)35-48(54)55)41-18-8-4-9-19-41)44-31-40(37-16-6-3-7-17-37)30-43(34-44)58-49-24-14-12-22-45(49)46-32-38-26-28-57(52(38)36-53(46)58)42-20-10-5-11-21-42;34-28-18-26(23-9-3-1-4-10-23)19-30(22-28)36-31-14-8-7-11-24(31)17-27-21-32-25(20-33(27)36)15-16-35(32)29-12-5-2-6-13-29;1-2-7-18(8-3-1)22-11-10-16-13-20-17(14-21(16)22)12-15-6-4-5-9-19(15)20/h3-36H,1-2H3;1-16,18-22H,17H2;1-11,13-14H,12H2. The highest BCUT2D eigenvalue weighted by Crippen LogP contribution is 2.55. The number of aromatic nitrogens is 5. The van der Waals surface area contributed by atoms with Crippen LogP contribution >= 0.6 is 15.9 Å². The molecular formula is C109H78BrN7. The molecule has 16 aromatic carbocycles. The highest BCUT2D eigenvalue weighted by molar-refractivity contribution is 9.10. The zero-order valence-electron chi connectivity index (χ0n) is 64.7. The lowest BCUT2D eigenvalue weighted by molar-refractivity contribution is 0.632. The minimum absolute atomic E-state index is 0.242. The van der Waals surface area contributed by atoms with Crippen LogP contribution in [0.15, 0.2) is 418 Å². The average Bonchev–Trinajstić information content (AvgIpc) is 0.839. The molecular weight excluding hydrogens is 1490 g/mol. The van der Waals surface area contributed by atoms with Gasteiger partial charge < -0.3 is 32.6 Å². The Morgan fingerprint density at radius 2 is 0.675 bits per heavy atom. The Morgan fingerprint density at radius 3 is 1.28 bits per heavy atom. The van der Waals surface area contributed by atoms with Crippen molar-refractivity contribution in [1.82, 2.24) is 22.8 Å². The van der Waals surface area contributed by atoms with Crippen LogP contribution in [-0.4, -0.2) is 22.8 Å². The second kappa shape index (κ2) is 28.3. The predicted octanol–water partition coefficient (Wildman–Crippen LogP) is 29.1. The molecule has 1 aliphatic carbocycles. The molecule has 8 heteroatoms. The number of anilines is 6. The van der Waals surface area contributed by atoms with Crippen molar-refractivity contribution in [3.8, 4) is 61.8 Å². The fraction of sp³-hybridized carbons (Fsp3) is 0.0459. The van der Waals surface area contributed by atoms with E-state index < -0.39 is 0 Å². The summed E-state index contributed by atoms with van der Waals surface area (Å²) in [5, 5.41) is 7.45. The molecule has 0 spiro atoms. The van der Waals surface area contributed by atoms with E-state index in [1.165, 1.54) is 161 Å². The molecule has 0 amide bonds. The number of benzene rings is 16. The van der Waals surface area contributed by atoms with Crippen molar-refractivity contribution in [2.45, 2.75) is 32.1 Å². The van der Waals surface area contributed by atoms with Gasteiger partial charge in [0, 0.05) is 119 Å². The summed E-state index contributed by atoms with van der Waals surface area (Å²) in [6, 6.07) is 141. The van der Waals surface area contributed by atoms with Gasteiger partial charge in [0.15, 0.2) is 0 Å². The van der Waals surface area contributed by atoms with Crippen LogP contribution in [0.1, 0.15) is 47.2 Å². The lowest BCUT2D eigenvalue weighted by Crippen LogP contribution is -2.30. The maximum Gasteiger partial charge on any atom is 0.0562 e. The summed E-state index contributed by atoms with van der Waals surface area (Å²) < 4.78 is 12.7. The SMILES string of the molecule is Brc1cc(-c2ccccc2)cc(N2c3ccccc3Cc3cc4c(ccn4-c4ccccc4)cc32)c1.CC1(C)c2ccccc2N(c2cc(-c3ccccc3)cc(-n3c4ccccc4c4cc5ccn(-c6ccccc6)c5cc43)c2)c2cc3ccn(-c4ccccc4)c3cc21.c1ccc(-n2ccc3cc4c(cc32)Cc2ccccc2-4)cc1. The lowest BCUT2D eigenvalue weighted by Gasteiger charge is -2.42. The molecule has 0 saturated carbocycles. The first-order valence-electron chi connectivity index (χ1n) is 40.3. The first-order valence-corrected chi connectivity index (χ1v) is 41.1. The molecule has 24 rings (SSSR count). The summed E-state index contributed by atoms with van der Waals surface area (Å²) in [5.41, 5.74) is 35.7. The van der Waals surface area contributed by atoms with E-state index in [1.807, 2.05) is 0 Å². The first-order chi connectivity index (χ1) is 57.6. The Labute approximate surface area is 688 Å². The van der Waals surface area contributed by atoms with Crippen LogP contribution in [0, 0.1) is 0 Å². The molecule has 7 nitrogen and oxygen atoms in total. The van der Waals surface area contributed by atoms with Crippen LogP contribution in [0.3, 0.4) is 0 Å². The molecule has 0 N–H and O–H groups in total. The van der Waals surface area contributed by atoms with Crippen LogP contribution in [0.4, 0.5) is 34.1 Å². The number of rotatable bonds is 9. The number of halogens is 1. The monoisotopic (exact) mass is 1560 g/mol. The van der Waals surface area contributed by atoms with Crippen molar-refractivity contribution in [2.24, 2.45) is 0 Å². The van der Waals surface area contributed by atoms with Crippen molar-refractivity contribution in [3.05, 3.63) is 451 Å². The Morgan fingerprint density at radius 1 is 0.239 bits per heavy atom. The third-order valence-electron chi connectivity index (χ3n) is 24.3. The second-order valence-electron chi connectivity index (χ2n) is 31.5. The van der Waals surface area contributed by atoms with E-state index in [4.69, 9.17) is 0 Å². The van der Waals surface area contributed by atoms with Crippen molar-refractivity contribution >= 4 is 115 Å². The van der Waals surface area contributed by atoms with Crippen molar-refractivity contribution in [3.63, 3.8) is 0 Å². The largest absolute Gasteiger partial charge is 0.317 e. The molecule has 0 fully saturated rings. The van der Waals surface area contributed by atoms with Crippen LogP contribution in [0.25, 0.3) is 127 Å². The van der Waals surface area contributed by atoms with Crippen LogP contribution in [0.5, 0.6) is 0 Å². The molecule has 0 unspecified atom stereocenters. The van der Waals surface area contributed by atoms with E-state index in [9.17, 15) is 0 Å². The number of hydrogen-bond acceptors (Lipinski definition) is 2. The fourth-order valence-corrected chi connectivity index (χ4v) is 19.2. The van der Waals surface area contributed by atoms with E-state index >= 15 is 0 Å². The molecule has 5 aromatic heterocycles. The Balaban J connectivity index is 0.000000120. The van der Waals surface area contributed by atoms with E-state index in [2.05, 4.69) is 475 Å². The summed E-state index contributed by atoms with van der Waals surface area (Å²) in [4.78, 5) is 4.93. The van der Waals surface area contributed by atoms with Gasteiger partial charge in [0.05, 0.1) is 50.2 Å². The minimum Gasteiger partial charge on any atom is -0.317 e. The molecule has 7 heterocycles. The molecule has 556 valence electrons. The average molecular weight is 1570 g/mol. The van der Waals surface area contributed by atoms with E-state index in [1.54, 1.807) is 0 Å². The van der Waals surface area contributed by atoms with Crippen LogP contribution in [-0.2, 0) is 18.3 Å². The van der Waals surface area contributed by atoms with Gasteiger partial charge in [0.1, 0.15) is 0 Å². The molecule has 0 saturated heterocycles. The number of nitrogens with zero attached hydrogens (tertiary/aromatic N) is 7. The van der Waals surface area contributed by atoms with E-state index in [0.717, 1.165) is 51.3 Å². The number of para-hydroxylation sites is 7. The normalized spacial score (nSPS) is 12.9. The van der Waals surface area contributed by atoms with Gasteiger partial charge in [-0.2, -0.15) is 0 Å². The molecule has 0 atom stereocenters. The third-order valence-corrected chi connectivity index (χ3v) is 24.7. The quantitative estimate of drug-likeness (QED) is 0.144. The van der Waals surface area contributed by atoms with Gasteiger partial charge >= 0.3 is 0 Å².